The van der Waals surface area contributed by atoms with E-state index in [2.05, 4.69) is 11.8 Å². The van der Waals surface area contributed by atoms with Gasteiger partial charge < -0.3 is 15.7 Å². The molecule has 3 unspecified atom stereocenters. The van der Waals surface area contributed by atoms with Gasteiger partial charge in [0, 0.05) is 19.2 Å². The molecule has 19 heavy (non-hydrogen) atoms. The average Bonchev–Trinajstić information content (AvgIpc) is 2.44. The maximum Gasteiger partial charge on any atom is 0.0460 e. The Morgan fingerprint density at radius 2 is 1.84 bits per heavy atom. The maximum atomic E-state index is 9.20. The van der Waals surface area contributed by atoms with E-state index in [1.54, 1.807) is 0 Å². The molecule has 0 spiro atoms. The summed E-state index contributed by atoms with van der Waals surface area (Å²) in [4.78, 5) is 2.59. The van der Waals surface area contributed by atoms with Crippen molar-refractivity contribution in [2.75, 3.05) is 26.2 Å². The lowest BCUT2D eigenvalue weighted by Gasteiger charge is -2.39. The van der Waals surface area contributed by atoms with Gasteiger partial charge in [0.25, 0.3) is 0 Å². The molecule has 1 aliphatic carbocycles. The molecule has 0 bridgehead atoms. The number of nitrogens with two attached hydrogens (primary N) is 1. The van der Waals surface area contributed by atoms with E-state index >= 15 is 0 Å². The molecule has 1 aliphatic heterocycles. The van der Waals surface area contributed by atoms with E-state index in [0.29, 0.717) is 24.5 Å². The van der Waals surface area contributed by atoms with Gasteiger partial charge in [-0.25, -0.2) is 0 Å². The third-order valence-electron chi connectivity index (χ3n) is 5.30. The van der Waals surface area contributed by atoms with Crippen LogP contribution < -0.4 is 5.73 Å². The van der Waals surface area contributed by atoms with Crippen molar-refractivity contribution in [3.05, 3.63) is 0 Å². The minimum Gasteiger partial charge on any atom is -0.396 e. The van der Waals surface area contributed by atoms with E-state index < -0.39 is 0 Å². The third-order valence-corrected chi connectivity index (χ3v) is 5.30. The van der Waals surface area contributed by atoms with Gasteiger partial charge in [0.05, 0.1) is 0 Å². The molecule has 112 valence electrons. The van der Waals surface area contributed by atoms with Gasteiger partial charge >= 0.3 is 0 Å². The van der Waals surface area contributed by atoms with Crippen LogP contribution in [0.3, 0.4) is 0 Å². The Bertz CT molecular complexity index is 251. The number of hydrogen-bond acceptors (Lipinski definition) is 3. The van der Waals surface area contributed by atoms with Crippen LogP contribution in [0.2, 0.25) is 0 Å². The second-order valence-electron chi connectivity index (χ2n) is 6.82. The molecule has 2 rings (SSSR count). The third kappa shape index (κ3) is 4.44. The molecule has 3 atom stereocenters. The molecule has 3 heteroatoms. The summed E-state index contributed by atoms with van der Waals surface area (Å²) in [6, 6.07) is 0.420. The first kappa shape index (κ1) is 15.3. The Kier molecular flexibility index (Phi) is 6.11. The number of likely N-dealkylation sites (tertiary alicyclic amines) is 1. The number of hydrogen-bond donors (Lipinski definition) is 2. The van der Waals surface area contributed by atoms with Crippen LogP contribution in [0.25, 0.3) is 0 Å². The Balaban J connectivity index is 1.77. The smallest absolute Gasteiger partial charge is 0.0460 e. The van der Waals surface area contributed by atoms with Gasteiger partial charge in [0.2, 0.25) is 0 Å². The molecule has 0 amide bonds. The first-order chi connectivity index (χ1) is 9.22. The van der Waals surface area contributed by atoms with E-state index in [-0.39, 0.29) is 0 Å². The summed E-state index contributed by atoms with van der Waals surface area (Å²) < 4.78 is 0. The number of aliphatic hydroxyl groups is 1. The zero-order valence-corrected chi connectivity index (χ0v) is 12.6. The molecule has 0 aromatic heterocycles. The van der Waals surface area contributed by atoms with E-state index in [9.17, 15) is 5.11 Å². The van der Waals surface area contributed by atoms with Gasteiger partial charge in [-0.1, -0.05) is 19.8 Å². The lowest BCUT2D eigenvalue weighted by molar-refractivity contribution is 0.0977. The zero-order valence-electron chi connectivity index (χ0n) is 12.6. The van der Waals surface area contributed by atoms with Gasteiger partial charge in [0.15, 0.2) is 0 Å². The van der Waals surface area contributed by atoms with Crippen LogP contribution in [-0.2, 0) is 0 Å². The van der Waals surface area contributed by atoms with Crippen LogP contribution >= 0.6 is 0 Å². The fourth-order valence-electron chi connectivity index (χ4n) is 3.95. The molecule has 0 radical (unpaired) electrons. The van der Waals surface area contributed by atoms with E-state index in [1.807, 2.05) is 0 Å². The summed E-state index contributed by atoms with van der Waals surface area (Å²) in [7, 11) is 0. The monoisotopic (exact) mass is 268 g/mol. The van der Waals surface area contributed by atoms with Crippen molar-refractivity contribution in [3.63, 3.8) is 0 Å². The molecule has 1 saturated heterocycles. The van der Waals surface area contributed by atoms with Crippen LogP contribution in [0.5, 0.6) is 0 Å². The van der Waals surface area contributed by atoms with Crippen LogP contribution in [0.1, 0.15) is 51.9 Å². The molecule has 2 fully saturated rings. The lowest BCUT2D eigenvalue weighted by atomic mass is 9.76. The number of rotatable bonds is 5. The normalized spacial score (nSPS) is 34.6. The Labute approximate surface area is 118 Å². The first-order valence-electron chi connectivity index (χ1n) is 8.31. The minimum absolute atomic E-state index is 0.370. The van der Waals surface area contributed by atoms with E-state index in [1.165, 1.54) is 38.6 Å². The van der Waals surface area contributed by atoms with E-state index in [4.69, 9.17) is 5.73 Å². The predicted molar refractivity (Wildman–Crippen MR) is 80.0 cm³/mol. The number of nitrogens with zero attached hydrogens (tertiary/aromatic N) is 1. The number of aliphatic hydroxyl groups excluding tert-OH is 1. The first-order valence-corrected chi connectivity index (χ1v) is 8.31. The van der Waals surface area contributed by atoms with Crippen LogP contribution in [0, 0.1) is 17.8 Å². The van der Waals surface area contributed by atoms with Crippen molar-refractivity contribution >= 4 is 0 Å². The van der Waals surface area contributed by atoms with Crippen molar-refractivity contribution in [2.24, 2.45) is 23.5 Å². The molecular formula is C16H32N2O. The quantitative estimate of drug-likeness (QED) is 0.804. The van der Waals surface area contributed by atoms with Crippen molar-refractivity contribution in [1.29, 1.82) is 0 Å². The summed E-state index contributed by atoms with van der Waals surface area (Å²) in [5.74, 6) is 2.17. The fraction of sp³-hybridized carbons (Fsp3) is 1.00. The van der Waals surface area contributed by atoms with Crippen LogP contribution in [0.15, 0.2) is 0 Å². The summed E-state index contributed by atoms with van der Waals surface area (Å²) in [6.07, 6.45) is 8.94. The largest absolute Gasteiger partial charge is 0.396 e. The molecule has 3 nitrogen and oxygen atoms in total. The second-order valence-corrected chi connectivity index (χ2v) is 6.82. The summed E-state index contributed by atoms with van der Waals surface area (Å²) >= 11 is 0. The van der Waals surface area contributed by atoms with Gasteiger partial charge in [-0.15, -0.1) is 0 Å². The van der Waals surface area contributed by atoms with E-state index in [0.717, 1.165) is 31.8 Å². The predicted octanol–water partition coefficient (Wildman–Crippen LogP) is 2.23. The lowest BCUT2D eigenvalue weighted by Crippen LogP contribution is -2.45. The second kappa shape index (κ2) is 7.61. The molecule has 0 aromatic rings. The Morgan fingerprint density at radius 3 is 2.47 bits per heavy atom. The molecule has 0 aromatic carbocycles. The zero-order chi connectivity index (χ0) is 13.7. The Hall–Kier alpha value is -0.120. The van der Waals surface area contributed by atoms with Crippen molar-refractivity contribution < 1.29 is 5.11 Å². The van der Waals surface area contributed by atoms with Crippen LogP contribution in [-0.4, -0.2) is 42.3 Å². The molecule has 1 heterocycles. The van der Waals surface area contributed by atoms with Crippen LogP contribution in [0.4, 0.5) is 0 Å². The van der Waals surface area contributed by atoms with Gasteiger partial charge in [-0.05, 0) is 62.9 Å². The summed E-state index contributed by atoms with van der Waals surface area (Å²) in [5.41, 5.74) is 6.34. The van der Waals surface area contributed by atoms with Crippen molar-refractivity contribution in [3.8, 4) is 0 Å². The Morgan fingerprint density at radius 1 is 1.11 bits per heavy atom. The molecule has 3 N–H and O–H groups in total. The summed E-state index contributed by atoms with van der Waals surface area (Å²) in [5, 5.41) is 9.20. The highest BCUT2D eigenvalue weighted by Crippen LogP contribution is 2.32. The SMILES string of the molecule is CCCC1CCC(N)C(CN2CCC(CO)CC2)C1. The average molecular weight is 268 g/mol. The standard InChI is InChI=1S/C16H32N2O/c1-2-3-13-4-5-16(17)15(10-13)11-18-8-6-14(12-19)7-9-18/h13-16,19H,2-12,17H2,1H3. The maximum absolute atomic E-state index is 9.20. The van der Waals surface area contributed by atoms with Crippen molar-refractivity contribution in [1.82, 2.24) is 4.90 Å². The summed E-state index contributed by atoms with van der Waals surface area (Å²) in [6.45, 7) is 6.18. The van der Waals surface area contributed by atoms with Gasteiger partial charge in [0.1, 0.15) is 0 Å². The molecular weight excluding hydrogens is 236 g/mol. The highest BCUT2D eigenvalue weighted by atomic mass is 16.3. The molecule has 2 aliphatic rings. The molecule has 1 saturated carbocycles. The fourth-order valence-corrected chi connectivity index (χ4v) is 3.95. The van der Waals surface area contributed by atoms with Gasteiger partial charge in [-0.3, -0.25) is 0 Å². The number of piperidine rings is 1. The van der Waals surface area contributed by atoms with Gasteiger partial charge in [-0.2, -0.15) is 0 Å². The minimum atomic E-state index is 0.370. The topological polar surface area (TPSA) is 49.5 Å². The van der Waals surface area contributed by atoms with Crippen molar-refractivity contribution in [2.45, 2.75) is 57.9 Å². The highest BCUT2D eigenvalue weighted by Gasteiger charge is 2.30. The highest BCUT2D eigenvalue weighted by molar-refractivity contribution is 4.85.